The van der Waals surface area contributed by atoms with E-state index in [0.717, 1.165) is 5.57 Å². The summed E-state index contributed by atoms with van der Waals surface area (Å²) in [5, 5.41) is 2.95. The molecule has 10 heavy (non-hydrogen) atoms. The Hall–Kier alpha value is -0.470. The molecule has 3 heteroatoms. The first-order valence-corrected chi connectivity index (χ1v) is 3.53. The van der Waals surface area contributed by atoms with Crippen molar-refractivity contribution in [2.45, 2.75) is 5.50 Å². The Kier molecular flexibility index (Phi) is 2.78. The normalized spacial score (nSPS) is 23.8. The maximum absolute atomic E-state index is 5.70. The van der Waals surface area contributed by atoms with Crippen LogP contribution in [0.5, 0.6) is 0 Å². The number of hydrogen-bond acceptors (Lipinski definition) is 2. The van der Waals surface area contributed by atoms with E-state index in [9.17, 15) is 0 Å². The number of dihydropyridines is 1. The smallest absolute Gasteiger partial charge is 0.120 e. The first-order valence-electron chi connectivity index (χ1n) is 3.09. The van der Waals surface area contributed by atoms with Crippen LogP contribution in [-0.2, 0) is 4.74 Å². The number of halogens is 1. The van der Waals surface area contributed by atoms with Gasteiger partial charge in [-0.15, -0.1) is 0 Å². The summed E-state index contributed by atoms with van der Waals surface area (Å²) in [5.74, 6) is 0. The minimum atomic E-state index is -0.0689. The lowest BCUT2D eigenvalue weighted by Gasteiger charge is -2.11. The number of nitrogens with one attached hydrogen (secondary N) is 1. The highest BCUT2D eigenvalue weighted by Crippen LogP contribution is 2.05. The van der Waals surface area contributed by atoms with Gasteiger partial charge < -0.3 is 10.1 Å². The average molecular weight is 160 g/mol. The lowest BCUT2D eigenvalue weighted by molar-refractivity contribution is 0.227. The predicted molar refractivity (Wildman–Crippen MR) is 41.9 cm³/mol. The third-order valence-electron chi connectivity index (χ3n) is 1.22. The molecule has 56 valence electrons. The van der Waals surface area contributed by atoms with Crippen LogP contribution in [0.15, 0.2) is 23.9 Å². The molecule has 1 atom stereocenters. The zero-order valence-electron chi connectivity index (χ0n) is 5.80. The van der Waals surface area contributed by atoms with Crippen LogP contribution in [0, 0.1) is 0 Å². The highest BCUT2D eigenvalue weighted by atomic mass is 35.5. The van der Waals surface area contributed by atoms with Gasteiger partial charge in [0.1, 0.15) is 5.50 Å². The lowest BCUT2D eigenvalue weighted by atomic mass is 10.2. The summed E-state index contributed by atoms with van der Waals surface area (Å²) in [7, 11) is 1.67. The molecule has 0 aromatic heterocycles. The van der Waals surface area contributed by atoms with Crippen LogP contribution in [0.2, 0.25) is 0 Å². The Bertz CT molecular complexity index is 165. The molecule has 0 amide bonds. The van der Waals surface area contributed by atoms with Gasteiger partial charge in [0.25, 0.3) is 0 Å². The fourth-order valence-electron chi connectivity index (χ4n) is 0.755. The molecule has 1 rings (SSSR count). The quantitative estimate of drug-likeness (QED) is 0.484. The summed E-state index contributed by atoms with van der Waals surface area (Å²) < 4.78 is 4.91. The maximum atomic E-state index is 5.70. The summed E-state index contributed by atoms with van der Waals surface area (Å²) in [6, 6.07) is 0. The van der Waals surface area contributed by atoms with Gasteiger partial charge in [-0.05, 0) is 11.6 Å². The number of alkyl halides is 1. The Labute approximate surface area is 65.5 Å². The molecule has 0 radical (unpaired) electrons. The number of hydrogen-bond donors (Lipinski definition) is 1. The molecule has 0 aliphatic carbocycles. The summed E-state index contributed by atoms with van der Waals surface area (Å²) in [4.78, 5) is 0. The van der Waals surface area contributed by atoms with Crippen LogP contribution in [0.1, 0.15) is 0 Å². The molecule has 0 aromatic carbocycles. The van der Waals surface area contributed by atoms with Crippen LogP contribution in [-0.4, -0.2) is 19.2 Å². The standard InChI is InChI=1S/C7H10ClNO/c1-10-5-6-2-3-7(8)9-4-6/h2-4,7,9H,5H2,1H3. The second-order valence-corrected chi connectivity index (χ2v) is 2.55. The molecule has 1 aliphatic heterocycles. The molecule has 0 bridgehead atoms. The van der Waals surface area contributed by atoms with Crippen molar-refractivity contribution in [3.63, 3.8) is 0 Å². The molecular formula is C7H10ClNO. The van der Waals surface area contributed by atoms with Gasteiger partial charge in [0, 0.05) is 13.3 Å². The Balaban J connectivity index is 2.42. The average Bonchev–Trinajstić information content (AvgIpc) is 1.95. The third kappa shape index (κ3) is 2.05. The first-order chi connectivity index (χ1) is 4.83. The molecule has 1 aliphatic rings. The fraction of sp³-hybridized carbons (Fsp3) is 0.429. The van der Waals surface area contributed by atoms with Crippen molar-refractivity contribution in [3.05, 3.63) is 23.9 Å². The van der Waals surface area contributed by atoms with E-state index in [4.69, 9.17) is 16.3 Å². The number of methoxy groups -OCH3 is 1. The minimum Gasteiger partial charge on any atom is -0.380 e. The van der Waals surface area contributed by atoms with Gasteiger partial charge in [-0.1, -0.05) is 17.7 Å². The highest BCUT2D eigenvalue weighted by molar-refractivity contribution is 6.21. The molecule has 1 heterocycles. The van der Waals surface area contributed by atoms with Crippen molar-refractivity contribution in [1.29, 1.82) is 0 Å². The topological polar surface area (TPSA) is 21.3 Å². The summed E-state index contributed by atoms with van der Waals surface area (Å²) >= 11 is 5.70. The lowest BCUT2D eigenvalue weighted by Crippen LogP contribution is -2.19. The molecule has 0 saturated heterocycles. The highest BCUT2D eigenvalue weighted by Gasteiger charge is 2.01. The van der Waals surface area contributed by atoms with E-state index in [1.54, 1.807) is 7.11 Å². The second kappa shape index (κ2) is 3.64. The number of rotatable bonds is 2. The van der Waals surface area contributed by atoms with E-state index < -0.39 is 0 Å². The molecule has 0 spiro atoms. The van der Waals surface area contributed by atoms with E-state index in [2.05, 4.69) is 5.32 Å². The monoisotopic (exact) mass is 159 g/mol. The van der Waals surface area contributed by atoms with Gasteiger partial charge >= 0.3 is 0 Å². The van der Waals surface area contributed by atoms with E-state index in [1.165, 1.54) is 0 Å². The Morgan fingerprint density at radius 2 is 2.60 bits per heavy atom. The first kappa shape index (κ1) is 7.63. The van der Waals surface area contributed by atoms with Crippen molar-refractivity contribution in [3.8, 4) is 0 Å². The Morgan fingerprint density at radius 3 is 3.10 bits per heavy atom. The minimum absolute atomic E-state index is 0.0689. The van der Waals surface area contributed by atoms with Gasteiger partial charge in [-0.25, -0.2) is 0 Å². The van der Waals surface area contributed by atoms with E-state index >= 15 is 0 Å². The van der Waals surface area contributed by atoms with Crippen LogP contribution in [0.3, 0.4) is 0 Å². The van der Waals surface area contributed by atoms with Crippen LogP contribution < -0.4 is 5.32 Å². The zero-order valence-corrected chi connectivity index (χ0v) is 6.56. The molecule has 1 unspecified atom stereocenters. The van der Waals surface area contributed by atoms with Crippen LogP contribution >= 0.6 is 11.6 Å². The van der Waals surface area contributed by atoms with Crippen LogP contribution in [0.4, 0.5) is 0 Å². The van der Waals surface area contributed by atoms with Crippen LogP contribution in [0.25, 0.3) is 0 Å². The largest absolute Gasteiger partial charge is 0.380 e. The number of ether oxygens (including phenoxy) is 1. The molecular weight excluding hydrogens is 150 g/mol. The van der Waals surface area contributed by atoms with Gasteiger partial charge in [0.15, 0.2) is 0 Å². The SMILES string of the molecule is COCC1=CNC(Cl)C=C1. The molecule has 0 fully saturated rings. The van der Waals surface area contributed by atoms with Crippen molar-refractivity contribution in [2.24, 2.45) is 0 Å². The molecule has 0 aromatic rings. The van der Waals surface area contributed by atoms with Crippen molar-refractivity contribution in [2.75, 3.05) is 13.7 Å². The van der Waals surface area contributed by atoms with E-state index in [-0.39, 0.29) is 5.50 Å². The van der Waals surface area contributed by atoms with Gasteiger partial charge in [0.05, 0.1) is 6.61 Å². The van der Waals surface area contributed by atoms with Gasteiger partial charge in [-0.3, -0.25) is 0 Å². The van der Waals surface area contributed by atoms with Crippen molar-refractivity contribution >= 4 is 11.6 Å². The fourth-order valence-corrected chi connectivity index (χ4v) is 0.891. The maximum Gasteiger partial charge on any atom is 0.120 e. The molecule has 1 N–H and O–H groups in total. The van der Waals surface area contributed by atoms with Crippen molar-refractivity contribution < 1.29 is 4.74 Å². The third-order valence-corrected chi connectivity index (χ3v) is 1.49. The van der Waals surface area contributed by atoms with E-state index in [0.29, 0.717) is 6.61 Å². The summed E-state index contributed by atoms with van der Waals surface area (Å²) in [6.45, 7) is 0.632. The summed E-state index contributed by atoms with van der Waals surface area (Å²) in [6.07, 6.45) is 5.70. The van der Waals surface area contributed by atoms with E-state index in [1.807, 2.05) is 18.4 Å². The van der Waals surface area contributed by atoms with Crippen molar-refractivity contribution in [1.82, 2.24) is 5.32 Å². The molecule has 0 saturated carbocycles. The molecule has 2 nitrogen and oxygen atoms in total. The van der Waals surface area contributed by atoms with Gasteiger partial charge in [-0.2, -0.15) is 0 Å². The summed E-state index contributed by atoms with van der Waals surface area (Å²) in [5.41, 5.74) is 1.04. The zero-order chi connectivity index (χ0) is 7.40. The second-order valence-electron chi connectivity index (χ2n) is 2.08. The van der Waals surface area contributed by atoms with Gasteiger partial charge in [0.2, 0.25) is 0 Å². The predicted octanol–water partition coefficient (Wildman–Crippen LogP) is 1.24. The Morgan fingerprint density at radius 1 is 1.80 bits per heavy atom.